The monoisotopic (exact) mass is 183 g/mol. The van der Waals surface area contributed by atoms with Crippen LogP contribution in [0.25, 0.3) is 0 Å². The zero-order chi connectivity index (χ0) is 9.10. The second-order valence-electron chi connectivity index (χ2n) is 4.53. The average molecular weight is 183 g/mol. The average Bonchev–Trinajstić information content (AvgIpc) is 2.01. The largest absolute Gasteiger partial charge is 0.314 e. The zero-order valence-electron chi connectivity index (χ0n) is 8.55. The van der Waals surface area contributed by atoms with Gasteiger partial charge in [0, 0.05) is 25.7 Å². The predicted molar refractivity (Wildman–Crippen MR) is 54.9 cm³/mol. The molecule has 2 rings (SSSR count). The second kappa shape index (κ2) is 4.40. The molecule has 2 aliphatic heterocycles. The Morgan fingerprint density at radius 1 is 1.46 bits per heavy atom. The Morgan fingerprint density at radius 3 is 2.92 bits per heavy atom. The molecular formula is C10H21N3. The highest BCUT2D eigenvalue weighted by Gasteiger charge is 2.20. The number of nitrogens with one attached hydrogen (secondary N) is 2. The quantitative estimate of drug-likeness (QED) is 0.639. The Hall–Kier alpha value is -0.120. The first kappa shape index (κ1) is 9.44. The number of rotatable bonds is 3. The molecule has 3 heteroatoms. The molecule has 1 unspecified atom stereocenters. The lowest BCUT2D eigenvalue weighted by Crippen LogP contribution is -2.56. The van der Waals surface area contributed by atoms with Gasteiger partial charge < -0.3 is 15.5 Å². The molecule has 2 heterocycles. The summed E-state index contributed by atoms with van der Waals surface area (Å²) in [5.41, 5.74) is 0. The van der Waals surface area contributed by atoms with Gasteiger partial charge in [-0.1, -0.05) is 0 Å². The van der Waals surface area contributed by atoms with Crippen LogP contribution in [0.15, 0.2) is 0 Å². The van der Waals surface area contributed by atoms with E-state index in [0.29, 0.717) is 0 Å². The smallest absolute Gasteiger partial charge is 0.0317 e. The number of hydrogen-bond donors (Lipinski definition) is 2. The van der Waals surface area contributed by atoms with E-state index in [9.17, 15) is 0 Å². The third-order valence-electron chi connectivity index (χ3n) is 3.20. The molecule has 2 saturated heterocycles. The van der Waals surface area contributed by atoms with Crippen LogP contribution >= 0.6 is 0 Å². The molecule has 0 aromatic rings. The van der Waals surface area contributed by atoms with Crippen LogP contribution in [-0.2, 0) is 0 Å². The van der Waals surface area contributed by atoms with Crippen molar-refractivity contribution in [2.24, 2.45) is 5.92 Å². The van der Waals surface area contributed by atoms with Gasteiger partial charge in [-0.2, -0.15) is 0 Å². The van der Waals surface area contributed by atoms with Gasteiger partial charge in [0.1, 0.15) is 0 Å². The van der Waals surface area contributed by atoms with E-state index in [1.165, 1.54) is 45.6 Å². The molecule has 0 saturated carbocycles. The number of hydrogen-bond acceptors (Lipinski definition) is 3. The standard InChI is InChI=1S/C10H21N3/c1-13-4-2-3-9(8-13)5-12-10-6-11-7-10/h9-12H,2-8H2,1H3. The van der Waals surface area contributed by atoms with Gasteiger partial charge in [-0.15, -0.1) is 0 Å². The fourth-order valence-corrected chi connectivity index (χ4v) is 2.21. The van der Waals surface area contributed by atoms with Gasteiger partial charge in [-0.05, 0) is 38.9 Å². The zero-order valence-corrected chi connectivity index (χ0v) is 8.55. The van der Waals surface area contributed by atoms with Crippen molar-refractivity contribution in [1.82, 2.24) is 15.5 Å². The van der Waals surface area contributed by atoms with Crippen LogP contribution in [0.1, 0.15) is 12.8 Å². The van der Waals surface area contributed by atoms with Crippen molar-refractivity contribution in [3.8, 4) is 0 Å². The van der Waals surface area contributed by atoms with E-state index >= 15 is 0 Å². The van der Waals surface area contributed by atoms with Crippen molar-refractivity contribution in [3.63, 3.8) is 0 Å². The first-order chi connectivity index (χ1) is 6.34. The lowest BCUT2D eigenvalue weighted by molar-refractivity contribution is 0.197. The Bertz CT molecular complexity index is 156. The summed E-state index contributed by atoms with van der Waals surface area (Å²) in [6.07, 6.45) is 2.79. The molecule has 0 aromatic heterocycles. The van der Waals surface area contributed by atoms with Gasteiger partial charge in [-0.3, -0.25) is 0 Å². The van der Waals surface area contributed by atoms with Crippen molar-refractivity contribution < 1.29 is 0 Å². The molecule has 2 aliphatic rings. The van der Waals surface area contributed by atoms with Crippen LogP contribution in [0.4, 0.5) is 0 Å². The predicted octanol–water partition coefficient (Wildman–Crippen LogP) is -0.110. The normalized spacial score (nSPS) is 31.6. The van der Waals surface area contributed by atoms with E-state index in [-0.39, 0.29) is 0 Å². The van der Waals surface area contributed by atoms with Crippen molar-refractivity contribution in [3.05, 3.63) is 0 Å². The minimum Gasteiger partial charge on any atom is -0.314 e. The summed E-state index contributed by atoms with van der Waals surface area (Å²) in [5.74, 6) is 0.888. The van der Waals surface area contributed by atoms with Crippen LogP contribution in [0, 0.1) is 5.92 Å². The Labute approximate surface area is 80.9 Å². The lowest BCUT2D eigenvalue weighted by Gasteiger charge is -2.33. The summed E-state index contributed by atoms with van der Waals surface area (Å²) < 4.78 is 0. The summed E-state index contributed by atoms with van der Waals surface area (Å²) in [6.45, 7) is 6.14. The SMILES string of the molecule is CN1CCCC(CNC2CNC2)C1. The number of likely N-dealkylation sites (tertiary alicyclic amines) is 1. The van der Waals surface area contributed by atoms with Gasteiger partial charge in [-0.25, -0.2) is 0 Å². The van der Waals surface area contributed by atoms with Crippen molar-refractivity contribution in [1.29, 1.82) is 0 Å². The molecule has 1 atom stereocenters. The minimum atomic E-state index is 0.757. The molecular weight excluding hydrogens is 162 g/mol. The first-order valence-electron chi connectivity index (χ1n) is 5.47. The van der Waals surface area contributed by atoms with Crippen molar-refractivity contribution in [2.45, 2.75) is 18.9 Å². The van der Waals surface area contributed by atoms with E-state index < -0.39 is 0 Å². The van der Waals surface area contributed by atoms with Crippen molar-refractivity contribution in [2.75, 3.05) is 39.8 Å². The summed E-state index contributed by atoms with van der Waals surface area (Å²) in [5, 5.41) is 6.90. The highest BCUT2D eigenvalue weighted by molar-refractivity contribution is 4.83. The fourth-order valence-electron chi connectivity index (χ4n) is 2.21. The summed E-state index contributed by atoms with van der Waals surface area (Å²) in [6, 6.07) is 0.757. The van der Waals surface area contributed by atoms with Crippen molar-refractivity contribution >= 4 is 0 Å². The number of piperidine rings is 1. The Morgan fingerprint density at radius 2 is 2.31 bits per heavy atom. The summed E-state index contributed by atoms with van der Waals surface area (Å²) >= 11 is 0. The van der Waals surface area contributed by atoms with Gasteiger partial charge >= 0.3 is 0 Å². The molecule has 76 valence electrons. The highest BCUT2D eigenvalue weighted by Crippen LogP contribution is 2.14. The Balaban J connectivity index is 1.62. The van der Waals surface area contributed by atoms with E-state index in [1.807, 2.05) is 0 Å². The van der Waals surface area contributed by atoms with Crippen LogP contribution in [0.5, 0.6) is 0 Å². The maximum Gasteiger partial charge on any atom is 0.0317 e. The fraction of sp³-hybridized carbons (Fsp3) is 1.00. The minimum absolute atomic E-state index is 0.757. The van der Waals surface area contributed by atoms with Crippen LogP contribution in [0.2, 0.25) is 0 Å². The van der Waals surface area contributed by atoms with Gasteiger partial charge in [0.2, 0.25) is 0 Å². The van der Waals surface area contributed by atoms with Gasteiger partial charge in [0.25, 0.3) is 0 Å². The Kier molecular flexibility index (Phi) is 3.19. The van der Waals surface area contributed by atoms with Gasteiger partial charge in [0.05, 0.1) is 0 Å². The molecule has 0 amide bonds. The van der Waals surface area contributed by atoms with Crippen LogP contribution in [-0.4, -0.2) is 50.7 Å². The van der Waals surface area contributed by atoms with E-state index in [0.717, 1.165) is 12.0 Å². The molecule has 3 nitrogen and oxygen atoms in total. The molecule has 0 radical (unpaired) electrons. The summed E-state index contributed by atoms with van der Waals surface area (Å²) in [7, 11) is 2.23. The third-order valence-corrected chi connectivity index (χ3v) is 3.20. The van der Waals surface area contributed by atoms with Gasteiger partial charge in [0.15, 0.2) is 0 Å². The molecule has 0 aliphatic carbocycles. The molecule has 2 fully saturated rings. The summed E-state index contributed by atoms with van der Waals surface area (Å²) in [4.78, 5) is 2.45. The van der Waals surface area contributed by atoms with E-state index in [4.69, 9.17) is 0 Å². The van der Waals surface area contributed by atoms with Crippen LogP contribution in [0.3, 0.4) is 0 Å². The first-order valence-corrected chi connectivity index (χ1v) is 5.47. The highest BCUT2D eigenvalue weighted by atomic mass is 15.1. The maximum atomic E-state index is 3.62. The van der Waals surface area contributed by atoms with Crippen LogP contribution < -0.4 is 10.6 Å². The topological polar surface area (TPSA) is 27.3 Å². The molecule has 2 N–H and O–H groups in total. The molecule has 0 aromatic carbocycles. The molecule has 13 heavy (non-hydrogen) atoms. The van der Waals surface area contributed by atoms with E-state index in [2.05, 4.69) is 22.6 Å². The van der Waals surface area contributed by atoms with E-state index in [1.54, 1.807) is 0 Å². The second-order valence-corrected chi connectivity index (χ2v) is 4.53. The third kappa shape index (κ3) is 2.66. The number of nitrogens with zero attached hydrogens (tertiary/aromatic N) is 1. The lowest BCUT2D eigenvalue weighted by atomic mass is 9.98. The molecule has 0 spiro atoms. The molecule has 0 bridgehead atoms. The maximum absolute atomic E-state index is 3.62.